The lowest BCUT2D eigenvalue weighted by molar-refractivity contribution is 0.0521. The predicted octanol–water partition coefficient (Wildman–Crippen LogP) is 4.07. The third-order valence-corrected chi connectivity index (χ3v) is 4.15. The van der Waals surface area contributed by atoms with Crippen LogP contribution in [0.15, 0.2) is 42.6 Å². The van der Waals surface area contributed by atoms with E-state index in [1.807, 2.05) is 0 Å². The number of carbonyl (C=O) groups excluding carboxylic acids is 2. The van der Waals surface area contributed by atoms with Crippen LogP contribution in [0.4, 0.5) is 5.82 Å². The Morgan fingerprint density at radius 1 is 1.20 bits per heavy atom. The van der Waals surface area contributed by atoms with Gasteiger partial charge in [-0.2, -0.15) is 0 Å². The SMILES string of the molecule is CCOC(=O)c1nc2ccccn2c1NC(=O)c1ccc(Cl)c(Cl)c1. The molecule has 8 heteroatoms. The smallest absolute Gasteiger partial charge is 0.360 e. The third kappa shape index (κ3) is 3.45. The lowest BCUT2D eigenvalue weighted by Gasteiger charge is -2.08. The molecule has 25 heavy (non-hydrogen) atoms. The summed E-state index contributed by atoms with van der Waals surface area (Å²) >= 11 is 11.8. The summed E-state index contributed by atoms with van der Waals surface area (Å²) < 4.78 is 6.61. The molecule has 0 unspecified atom stereocenters. The van der Waals surface area contributed by atoms with Crippen LogP contribution in [0.1, 0.15) is 27.8 Å². The fraction of sp³-hybridized carbons (Fsp3) is 0.118. The van der Waals surface area contributed by atoms with Gasteiger partial charge in [0.05, 0.1) is 16.7 Å². The quantitative estimate of drug-likeness (QED) is 0.695. The summed E-state index contributed by atoms with van der Waals surface area (Å²) in [5.41, 5.74) is 0.839. The highest BCUT2D eigenvalue weighted by Gasteiger charge is 2.22. The van der Waals surface area contributed by atoms with Crippen molar-refractivity contribution in [3.8, 4) is 0 Å². The molecule has 3 rings (SSSR count). The minimum atomic E-state index is -0.615. The molecule has 0 aliphatic heterocycles. The molecule has 2 aromatic heterocycles. The molecule has 2 heterocycles. The van der Waals surface area contributed by atoms with Gasteiger partial charge in [-0.15, -0.1) is 0 Å². The molecule has 0 saturated carbocycles. The maximum Gasteiger partial charge on any atom is 0.360 e. The van der Waals surface area contributed by atoms with E-state index in [1.54, 1.807) is 35.7 Å². The van der Waals surface area contributed by atoms with Crippen LogP contribution in [0.2, 0.25) is 10.0 Å². The van der Waals surface area contributed by atoms with Crippen LogP contribution in [0.5, 0.6) is 0 Å². The lowest BCUT2D eigenvalue weighted by Crippen LogP contribution is -2.17. The maximum absolute atomic E-state index is 12.5. The zero-order valence-electron chi connectivity index (χ0n) is 13.1. The molecule has 0 spiro atoms. The van der Waals surface area contributed by atoms with Gasteiger partial charge in [0.1, 0.15) is 5.65 Å². The highest BCUT2D eigenvalue weighted by molar-refractivity contribution is 6.42. The Balaban J connectivity index is 2.01. The van der Waals surface area contributed by atoms with Crippen molar-refractivity contribution in [2.45, 2.75) is 6.92 Å². The number of amides is 1. The molecular weight excluding hydrogens is 365 g/mol. The molecule has 1 amide bonds. The van der Waals surface area contributed by atoms with Crippen LogP contribution in [0.25, 0.3) is 5.65 Å². The van der Waals surface area contributed by atoms with Gasteiger partial charge >= 0.3 is 5.97 Å². The first-order chi connectivity index (χ1) is 12.0. The fourth-order valence-electron chi connectivity index (χ4n) is 2.27. The second-order valence-electron chi connectivity index (χ2n) is 5.04. The van der Waals surface area contributed by atoms with Crippen LogP contribution >= 0.6 is 23.2 Å². The Hall–Kier alpha value is -2.57. The number of nitrogens with zero attached hydrogens (tertiary/aromatic N) is 2. The van der Waals surface area contributed by atoms with Gasteiger partial charge in [0.15, 0.2) is 11.5 Å². The number of aromatic nitrogens is 2. The van der Waals surface area contributed by atoms with Crippen LogP contribution in [0, 0.1) is 0 Å². The van der Waals surface area contributed by atoms with Crippen molar-refractivity contribution in [3.63, 3.8) is 0 Å². The first-order valence-corrected chi connectivity index (χ1v) is 8.17. The van der Waals surface area contributed by atoms with Crippen LogP contribution in [-0.4, -0.2) is 27.9 Å². The monoisotopic (exact) mass is 377 g/mol. The number of fused-ring (bicyclic) bond motifs is 1. The van der Waals surface area contributed by atoms with Crippen molar-refractivity contribution >= 4 is 46.5 Å². The van der Waals surface area contributed by atoms with Crippen molar-refractivity contribution in [1.82, 2.24) is 9.38 Å². The number of halogens is 2. The van der Waals surface area contributed by atoms with Crippen molar-refractivity contribution in [2.75, 3.05) is 11.9 Å². The first kappa shape index (κ1) is 17.3. The molecular formula is C17H13Cl2N3O3. The number of nitrogens with one attached hydrogen (secondary N) is 1. The second-order valence-corrected chi connectivity index (χ2v) is 5.86. The number of imidazole rings is 1. The van der Waals surface area contributed by atoms with Gasteiger partial charge in [0.25, 0.3) is 5.91 Å². The molecule has 0 saturated heterocycles. The first-order valence-electron chi connectivity index (χ1n) is 7.42. The maximum atomic E-state index is 12.5. The summed E-state index contributed by atoms with van der Waals surface area (Å²) in [5.74, 6) is -0.837. The van der Waals surface area contributed by atoms with E-state index in [4.69, 9.17) is 27.9 Å². The molecule has 0 bridgehead atoms. The second kappa shape index (κ2) is 7.13. The van der Waals surface area contributed by atoms with Crippen LogP contribution < -0.4 is 5.32 Å². The predicted molar refractivity (Wildman–Crippen MR) is 95.6 cm³/mol. The summed E-state index contributed by atoms with van der Waals surface area (Å²) in [7, 11) is 0. The molecule has 1 aromatic carbocycles. The number of esters is 1. The van der Waals surface area contributed by atoms with Gasteiger partial charge < -0.3 is 10.1 Å². The summed E-state index contributed by atoms with van der Waals surface area (Å²) in [6.07, 6.45) is 1.69. The number of hydrogen-bond donors (Lipinski definition) is 1. The molecule has 0 atom stereocenters. The minimum absolute atomic E-state index is 0.0291. The van der Waals surface area contributed by atoms with Gasteiger partial charge in [-0.3, -0.25) is 9.20 Å². The number of carbonyl (C=O) groups is 2. The normalized spacial score (nSPS) is 10.7. The zero-order valence-corrected chi connectivity index (χ0v) is 14.6. The van der Waals surface area contributed by atoms with E-state index in [9.17, 15) is 9.59 Å². The van der Waals surface area contributed by atoms with E-state index in [0.29, 0.717) is 16.2 Å². The Bertz CT molecular complexity index is 969. The fourth-order valence-corrected chi connectivity index (χ4v) is 2.57. The minimum Gasteiger partial charge on any atom is -0.461 e. The molecule has 3 aromatic rings. The topological polar surface area (TPSA) is 72.7 Å². The molecule has 0 fully saturated rings. The molecule has 0 aliphatic rings. The summed E-state index contributed by atoms with van der Waals surface area (Å²) in [5, 5.41) is 3.30. The zero-order chi connectivity index (χ0) is 18.0. The number of ether oxygens (including phenoxy) is 1. The standard InChI is InChI=1S/C17H13Cl2N3O3/c1-2-25-17(24)14-15(22-8-4-3-5-13(22)20-14)21-16(23)10-6-7-11(18)12(19)9-10/h3-9H,2H2,1H3,(H,21,23). The molecule has 1 N–H and O–H groups in total. The molecule has 0 radical (unpaired) electrons. The van der Waals surface area contributed by atoms with Crippen molar-refractivity contribution in [2.24, 2.45) is 0 Å². The van der Waals surface area contributed by atoms with E-state index in [-0.39, 0.29) is 23.1 Å². The van der Waals surface area contributed by atoms with Gasteiger partial charge in [-0.1, -0.05) is 29.3 Å². The number of benzene rings is 1. The Morgan fingerprint density at radius 3 is 2.72 bits per heavy atom. The summed E-state index contributed by atoms with van der Waals surface area (Å²) in [6.45, 7) is 1.90. The highest BCUT2D eigenvalue weighted by Crippen LogP contribution is 2.24. The van der Waals surface area contributed by atoms with E-state index in [1.165, 1.54) is 18.2 Å². The average molecular weight is 378 g/mol. The Kier molecular flexibility index (Phi) is 4.92. The van der Waals surface area contributed by atoms with Crippen LogP contribution in [0.3, 0.4) is 0 Å². The summed E-state index contributed by atoms with van der Waals surface area (Å²) in [4.78, 5) is 28.9. The van der Waals surface area contributed by atoms with Gasteiger partial charge in [0.2, 0.25) is 0 Å². The summed E-state index contributed by atoms with van der Waals surface area (Å²) in [6, 6.07) is 9.78. The largest absolute Gasteiger partial charge is 0.461 e. The molecule has 128 valence electrons. The van der Waals surface area contributed by atoms with Crippen LogP contribution in [-0.2, 0) is 4.74 Å². The van der Waals surface area contributed by atoms with E-state index < -0.39 is 11.9 Å². The third-order valence-electron chi connectivity index (χ3n) is 3.41. The van der Waals surface area contributed by atoms with E-state index in [0.717, 1.165) is 0 Å². The highest BCUT2D eigenvalue weighted by atomic mass is 35.5. The number of pyridine rings is 1. The van der Waals surface area contributed by atoms with Gasteiger partial charge in [0, 0.05) is 11.8 Å². The van der Waals surface area contributed by atoms with Gasteiger partial charge in [-0.05, 0) is 37.3 Å². The van der Waals surface area contributed by atoms with E-state index in [2.05, 4.69) is 10.3 Å². The lowest BCUT2D eigenvalue weighted by atomic mass is 10.2. The van der Waals surface area contributed by atoms with Crippen molar-refractivity contribution in [3.05, 3.63) is 63.9 Å². The Morgan fingerprint density at radius 2 is 2.00 bits per heavy atom. The number of hydrogen-bond acceptors (Lipinski definition) is 4. The number of anilines is 1. The van der Waals surface area contributed by atoms with Crippen molar-refractivity contribution < 1.29 is 14.3 Å². The molecule has 0 aliphatic carbocycles. The van der Waals surface area contributed by atoms with Gasteiger partial charge in [-0.25, -0.2) is 9.78 Å². The Labute approximate surface area is 153 Å². The van der Waals surface area contributed by atoms with Crippen molar-refractivity contribution in [1.29, 1.82) is 0 Å². The molecule has 6 nitrogen and oxygen atoms in total. The number of rotatable bonds is 4. The average Bonchev–Trinajstić information content (AvgIpc) is 2.96. The van der Waals surface area contributed by atoms with E-state index >= 15 is 0 Å².